The van der Waals surface area contributed by atoms with E-state index in [-0.39, 0.29) is 11.8 Å². The number of phenolic OH excluding ortho intramolecular Hbond substituents is 1. The maximum Gasteiger partial charge on any atom is 0.120 e. The number of phenols is 1. The van der Waals surface area contributed by atoms with Crippen LogP contribution in [0, 0.1) is 0 Å². The first kappa shape index (κ1) is 11.7. The van der Waals surface area contributed by atoms with E-state index in [1.54, 1.807) is 6.07 Å². The smallest absolute Gasteiger partial charge is 0.120 e. The molecule has 0 saturated carbocycles. The predicted molar refractivity (Wildman–Crippen MR) is 69.8 cm³/mol. The Labute approximate surface area is 102 Å². The van der Waals surface area contributed by atoms with Crippen molar-refractivity contribution in [1.82, 2.24) is 0 Å². The second kappa shape index (κ2) is 5.51. The molecule has 0 heterocycles. The molecule has 88 valence electrons. The molecule has 2 nitrogen and oxygen atoms in total. The summed E-state index contributed by atoms with van der Waals surface area (Å²) < 4.78 is 0. The molecule has 17 heavy (non-hydrogen) atoms. The summed E-state index contributed by atoms with van der Waals surface area (Å²) in [7, 11) is 0. The van der Waals surface area contributed by atoms with E-state index >= 15 is 0 Å². The third-order valence-corrected chi connectivity index (χ3v) is 2.92. The summed E-state index contributed by atoms with van der Waals surface area (Å²) in [5.74, 6) is 0.285. The Kier molecular flexibility index (Phi) is 3.78. The maximum atomic E-state index is 9.70. The van der Waals surface area contributed by atoms with Crippen molar-refractivity contribution in [1.29, 1.82) is 0 Å². The van der Waals surface area contributed by atoms with Crippen LogP contribution in [0.5, 0.6) is 5.75 Å². The van der Waals surface area contributed by atoms with Crippen LogP contribution >= 0.6 is 0 Å². The SMILES string of the molecule is NC(CCc1ccccc1)c1ccccc1O. The van der Waals surface area contributed by atoms with Crippen LogP contribution < -0.4 is 5.73 Å². The van der Waals surface area contributed by atoms with Gasteiger partial charge in [0, 0.05) is 11.6 Å². The summed E-state index contributed by atoms with van der Waals surface area (Å²) in [6.45, 7) is 0. The molecule has 2 rings (SSSR count). The summed E-state index contributed by atoms with van der Waals surface area (Å²) >= 11 is 0. The lowest BCUT2D eigenvalue weighted by Gasteiger charge is -2.13. The van der Waals surface area contributed by atoms with Gasteiger partial charge < -0.3 is 10.8 Å². The first-order valence-corrected chi connectivity index (χ1v) is 5.85. The highest BCUT2D eigenvalue weighted by Crippen LogP contribution is 2.24. The number of aromatic hydroxyl groups is 1. The largest absolute Gasteiger partial charge is 0.508 e. The molecule has 3 N–H and O–H groups in total. The minimum absolute atomic E-state index is 0.114. The van der Waals surface area contributed by atoms with Crippen LogP contribution in [0.1, 0.15) is 23.6 Å². The highest BCUT2D eigenvalue weighted by molar-refractivity contribution is 5.34. The number of hydrogen-bond donors (Lipinski definition) is 2. The van der Waals surface area contributed by atoms with Gasteiger partial charge in [-0.05, 0) is 24.5 Å². The molecule has 0 fully saturated rings. The zero-order valence-corrected chi connectivity index (χ0v) is 9.71. The minimum Gasteiger partial charge on any atom is -0.508 e. The lowest BCUT2D eigenvalue weighted by Crippen LogP contribution is -2.11. The number of para-hydroxylation sites is 1. The van der Waals surface area contributed by atoms with Gasteiger partial charge in [0.05, 0.1) is 0 Å². The Hall–Kier alpha value is -1.80. The zero-order valence-electron chi connectivity index (χ0n) is 9.71. The molecule has 0 aromatic heterocycles. The summed E-state index contributed by atoms with van der Waals surface area (Å²) in [6.07, 6.45) is 1.76. The second-order valence-corrected chi connectivity index (χ2v) is 4.19. The van der Waals surface area contributed by atoms with Crippen LogP contribution in [-0.4, -0.2) is 5.11 Å². The third kappa shape index (κ3) is 3.08. The molecule has 2 heteroatoms. The first-order chi connectivity index (χ1) is 8.27. The van der Waals surface area contributed by atoms with E-state index in [9.17, 15) is 5.11 Å². The van der Waals surface area contributed by atoms with E-state index in [4.69, 9.17) is 5.73 Å². The van der Waals surface area contributed by atoms with Crippen molar-refractivity contribution < 1.29 is 5.11 Å². The molecule has 2 aromatic carbocycles. The number of aryl methyl sites for hydroxylation is 1. The van der Waals surface area contributed by atoms with Crippen LogP contribution in [0.15, 0.2) is 54.6 Å². The van der Waals surface area contributed by atoms with Crippen molar-refractivity contribution in [2.75, 3.05) is 0 Å². The molecule has 2 aromatic rings. The fourth-order valence-corrected chi connectivity index (χ4v) is 1.92. The van der Waals surface area contributed by atoms with Crippen molar-refractivity contribution in [3.05, 3.63) is 65.7 Å². The minimum atomic E-state index is -0.114. The Morgan fingerprint density at radius 1 is 0.941 bits per heavy atom. The number of nitrogens with two attached hydrogens (primary N) is 1. The molecule has 0 amide bonds. The average molecular weight is 227 g/mol. The molecule has 0 aliphatic carbocycles. The topological polar surface area (TPSA) is 46.2 Å². The van der Waals surface area contributed by atoms with Gasteiger partial charge in [-0.1, -0.05) is 48.5 Å². The predicted octanol–water partition coefficient (Wildman–Crippen LogP) is 3.02. The van der Waals surface area contributed by atoms with E-state index < -0.39 is 0 Å². The summed E-state index contributed by atoms with van der Waals surface area (Å²) in [5, 5.41) is 9.70. The van der Waals surface area contributed by atoms with Crippen molar-refractivity contribution >= 4 is 0 Å². The van der Waals surface area contributed by atoms with E-state index in [1.165, 1.54) is 5.56 Å². The molecule has 0 spiro atoms. The van der Waals surface area contributed by atoms with E-state index in [1.807, 2.05) is 36.4 Å². The number of hydrogen-bond acceptors (Lipinski definition) is 2. The quantitative estimate of drug-likeness (QED) is 0.843. The van der Waals surface area contributed by atoms with Crippen molar-refractivity contribution in [3.8, 4) is 5.75 Å². The van der Waals surface area contributed by atoms with Crippen LogP contribution in [0.2, 0.25) is 0 Å². The monoisotopic (exact) mass is 227 g/mol. The van der Waals surface area contributed by atoms with E-state index in [2.05, 4.69) is 12.1 Å². The Morgan fingerprint density at radius 3 is 2.29 bits per heavy atom. The van der Waals surface area contributed by atoms with Crippen LogP contribution in [0.3, 0.4) is 0 Å². The van der Waals surface area contributed by atoms with Gasteiger partial charge in [-0.15, -0.1) is 0 Å². The summed E-state index contributed by atoms with van der Waals surface area (Å²) in [6, 6.07) is 17.4. The van der Waals surface area contributed by atoms with Gasteiger partial charge >= 0.3 is 0 Å². The van der Waals surface area contributed by atoms with Gasteiger partial charge in [-0.25, -0.2) is 0 Å². The van der Waals surface area contributed by atoms with Crippen molar-refractivity contribution in [2.24, 2.45) is 5.73 Å². The first-order valence-electron chi connectivity index (χ1n) is 5.85. The molecule has 1 unspecified atom stereocenters. The van der Waals surface area contributed by atoms with Gasteiger partial charge in [0.15, 0.2) is 0 Å². The fraction of sp³-hybridized carbons (Fsp3) is 0.200. The van der Waals surface area contributed by atoms with Gasteiger partial charge in [0.25, 0.3) is 0 Å². The lowest BCUT2D eigenvalue weighted by molar-refractivity contribution is 0.458. The molecule has 1 atom stereocenters. The molecule has 0 aliphatic heterocycles. The lowest BCUT2D eigenvalue weighted by atomic mass is 9.99. The van der Waals surface area contributed by atoms with Gasteiger partial charge in [-0.2, -0.15) is 0 Å². The van der Waals surface area contributed by atoms with Gasteiger partial charge in [0.2, 0.25) is 0 Å². The van der Waals surface area contributed by atoms with Crippen LogP contribution in [-0.2, 0) is 6.42 Å². The Balaban J connectivity index is 1.99. The van der Waals surface area contributed by atoms with Crippen molar-refractivity contribution in [3.63, 3.8) is 0 Å². The highest BCUT2D eigenvalue weighted by atomic mass is 16.3. The van der Waals surface area contributed by atoms with Gasteiger partial charge in [-0.3, -0.25) is 0 Å². The molecule has 0 bridgehead atoms. The number of benzene rings is 2. The molecule has 0 saturated heterocycles. The van der Waals surface area contributed by atoms with E-state index in [0.29, 0.717) is 0 Å². The van der Waals surface area contributed by atoms with Crippen LogP contribution in [0.25, 0.3) is 0 Å². The van der Waals surface area contributed by atoms with Crippen LogP contribution in [0.4, 0.5) is 0 Å². The molecular formula is C15H17NO. The third-order valence-electron chi connectivity index (χ3n) is 2.92. The van der Waals surface area contributed by atoms with E-state index in [0.717, 1.165) is 18.4 Å². The molecule has 0 radical (unpaired) electrons. The maximum absolute atomic E-state index is 9.70. The summed E-state index contributed by atoms with van der Waals surface area (Å²) in [5.41, 5.74) is 8.18. The zero-order chi connectivity index (χ0) is 12.1. The molecular weight excluding hydrogens is 210 g/mol. The highest BCUT2D eigenvalue weighted by Gasteiger charge is 2.09. The normalized spacial score (nSPS) is 12.3. The Bertz CT molecular complexity index is 467. The molecule has 0 aliphatic rings. The second-order valence-electron chi connectivity index (χ2n) is 4.19. The average Bonchev–Trinajstić information content (AvgIpc) is 2.38. The van der Waals surface area contributed by atoms with Gasteiger partial charge in [0.1, 0.15) is 5.75 Å². The van der Waals surface area contributed by atoms with Crippen molar-refractivity contribution in [2.45, 2.75) is 18.9 Å². The number of rotatable bonds is 4. The fourth-order valence-electron chi connectivity index (χ4n) is 1.92. The summed E-state index contributed by atoms with van der Waals surface area (Å²) in [4.78, 5) is 0. The standard InChI is InChI=1S/C15H17NO/c16-14(13-8-4-5-9-15(13)17)11-10-12-6-2-1-3-7-12/h1-9,14,17H,10-11,16H2. The Morgan fingerprint density at radius 2 is 1.59 bits per heavy atom.